The molecule has 3 aliphatic heterocycles. The summed E-state index contributed by atoms with van der Waals surface area (Å²) in [4.78, 5) is 2.79. The Morgan fingerprint density at radius 1 is 0.893 bits per heavy atom. The van der Waals surface area contributed by atoms with Gasteiger partial charge in [-0.05, 0) is 57.3 Å². The molecule has 7 nitrogen and oxygen atoms in total. The molecule has 2 atom stereocenters. The Morgan fingerprint density at radius 2 is 1.54 bits per heavy atom. The van der Waals surface area contributed by atoms with E-state index in [1.54, 1.807) is 0 Å². The van der Waals surface area contributed by atoms with E-state index in [4.69, 9.17) is 25.0 Å². The van der Waals surface area contributed by atoms with Crippen LogP contribution < -0.4 is 10.5 Å². The van der Waals surface area contributed by atoms with E-state index in [-0.39, 0.29) is 0 Å². The second-order valence-corrected chi connectivity index (χ2v) is 9.07. The highest BCUT2D eigenvalue weighted by atomic mass is 16.5. The number of ether oxygens (including phenoxy) is 3. The maximum absolute atomic E-state index is 6.20. The van der Waals surface area contributed by atoms with Gasteiger partial charge in [-0.25, -0.2) is 0 Å². The van der Waals surface area contributed by atoms with E-state index in [9.17, 15) is 0 Å². The van der Waals surface area contributed by atoms with Crippen molar-refractivity contribution in [1.29, 1.82) is 0 Å². The summed E-state index contributed by atoms with van der Waals surface area (Å²) in [5, 5.41) is 4.70. The maximum Gasteiger partial charge on any atom is 0.256 e. The summed E-state index contributed by atoms with van der Waals surface area (Å²) in [5.74, 6) is 1.16. The molecule has 0 aromatic carbocycles. The first kappa shape index (κ1) is 18.7. The monoisotopic (exact) mass is 390 g/mol. The van der Waals surface area contributed by atoms with Gasteiger partial charge in [0.25, 0.3) is 5.88 Å². The zero-order chi connectivity index (χ0) is 18.9. The molecule has 3 saturated heterocycles. The van der Waals surface area contributed by atoms with E-state index in [0.717, 1.165) is 45.3 Å². The van der Waals surface area contributed by atoms with E-state index in [1.165, 1.54) is 38.5 Å². The third kappa shape index (κ3) is 3.76. The Labute approximate surface area is 167 Å². The van der Waals surface area contributed by atoms with Gasteiger partial charge in [-0.1, -0.05) is 0 Å². The van der Waals surface area contributed by atoms with Gasteiger partial charge in [0.1, 0.15) is 5.69 Å². The summed E-state index contributed by atoms with van der Waals surface area (Å²) in [6.07, 6.45) is 11.6. The zero-order valence-electron chi connectivity index (χ0n) is 16.8. The van der Waals surface area contributed by atoms with Crippen molar-refractivity contribution in [3.63, 3.8) is 0 Å². The molecule has 2 bridgehead atoms. The molecule has 4 fully saturated rings. The van der Waals surface area contributed by atoms with Crippen LogP contribution in [0, 0.1) is 5.92 Å². The molecule has 7 heteroatoms. The molecule has 0 unspecified atom stereocenters. The smallest absolute Gasteiger partial charge is 0.256 e. The van der Waals surface area contributed by atoms with E-state index in [0.29, 0.717) is 42.2 Å². The lowest BCUT2D eigenvalue weighted by Gasteiger charge is -2.43. The first-order chi connectivity index (χ1) is 13.8. The maximum atomic E-state index is 6.20. The van der Waals surface area contributed by atoms with Crippen molar-refractivity contribution < 1.29 is 14.2 Å². The van der Waals surface area contributed by atoms with Gasteiger partial charge < -0.3 is 19.9 Å². The second kappa shape index (κ2) is 8.20. The fourth-order valence-electron chi connectivity index (χ4n) is 5.68. The van der Waals surface area contributed by atoms with Crippen LogP contribution in [0.4, 0.5) is 5.69 Å². The van der Waals surface area contributed by atoms with Gasteiger partial charge in [0.05, 0.1) is 32.1 Å². The molecule has 1 saturated carbocycles. The number of hydrogen-bond acceptors (Lipinski definition) is 6. The predicted molar refractivity (Wildman–Crippen MR) is 106 cm³/mol. The quantitative estimate of drug-likeness (QED) is 0.833. The van der Waals surface area contributed by atoms with Crippen molar-refractivity contribution >= 4 is 5.69 Å². The normalized spacial score (nSPS) is 34.6. The summed E-state index contributed by atoms with van der Waals surface area (Å²) < 4.78 is 19.2. The largest absolute Gasteiger partial charge is 0.475 e. The van der Waals surface area contributed by atoms with Gasteiger partial charge >= 0.3 is 0 Å². The van der Waals surface area contributed by atoms with Crippen LogP contribution in [0.25, 0.3) is 0 Å². The van der Waals surface area contributed by atoms with Crippen molar-refractivity contribution in [2.24, 2.45) is 5.92 Å². The number of fused-ring (bicyclic) bond motifs is 2. The lowest BCUT2D eigenvalue weighted by atomic mass is 9.89. The number of aromatic nitrogens is 2. The summed E-state index contributed by atoms with van der Waals surface area (Å²) in [6, 6.07) is 2.48. The summed E-state index contributed by atoms with van der Waals surface area (Å²) in [6.45, 7) is 4.23. The van der Waals surface area contributed by atoms with Crippen molar-refractivity contribution in [3.05, 3.63) is 6.20 Å². The van der Waals surface area contributed by atoms with Gasteiger partial charge in [0.15, 0.2) is 0 Å². The lowest BCUT2D eigenvalue weighted by molar-refractivity contribution is -0.0458. The van der Waals surface area contributed by atoms with Crippen LogP contribution in [-0.2, 0) is 9.47 Å². The number of nitrogens with two attached hydrogens (primary N) is 1. The topological polar surface area (TPSA) is 74.8 Å². The molecule has 4 heterocycles. The molecule has 28 heavy (non-hydrogen) atoms. The van der Waals surface area contributed by atoms with E-state index in [2.05, 4.69) is 9.58 Å². The van der Waals surface area contributed by atoms with Crippen LogP contribution in [-0.4, -0.2) is 65.8 Å². The van der Waals surface area contributed by atoms with Crippen LogP contribution in [0.5, 0.6) is 5.88 Å². The molecule has 2 N–H and O–H groups in total. The average molecular weight is 391 g/mol. The van der Waals surface area contributed by atoms with Crippen molar-refractivity contribution in [2.45, 2.75) is 75.5 Å². The average Bonchev–Trinajstić information content (AvgIpc) is 3.23. The summed E-state index contributed by atoms with van der Waals surface area (Å²) >= 11 is 0. The molecule has 0 radical (unpaired) electrons. The molecule has 156 valence electrons. The van der Waals surface area contributed by atoms with Gasteiger partial charge in [0, 0.05) is 31.3 Å². The van der Waals surface area contributed by atoms with E-state index >= 15 is 0 Å². The highest BCUT2D eigenvalue weighted by Crippen LogP contribution is 2.39. The van der Waals surface area contributed by atoms with Crippen LogP contribution in [0.2, 0.25) is 0 Å². The Morgan fingerprint density at radius 3 is 2.25 bits per heavy atom. The summed E-state index contributed by atoms with van der Waals surface area (Å²) in [7, 11) is 0. The fourth-order valence-corrected chi connectivity index (χ4v) is 5.68. The Hall–Kier alpha value is -1.31. The molecule has 1 aliphatic carbocycles. The molecule has 0 amide bonds. The Kier molecular flexibility index (Phi) is 5.48. The van der Waals surface area contributed by atoms with Gasteiger partial charge in [-0.2, -0.15) is 0 Å². The van der Waals surface area contributed by atoms with Crippen molar-refractivity contribution in [1.82, 2.24) is 14.7 Å². The molecular formula is C21H34N4O3. The standard InChI is InChI=1S/C21H34N4O3/c22-20-11-24(23-21(20)28-12-15-7-9-26-10-8-15)16-1-3-17(4-2-16)25-18-5-6-19(25)14-27-13-18/h11,15-19H,1-10,12-14,22H2/t16?,17?,18-,19+. The van der Waals surface area contributed by atoms with Gasteiger partial charge in [0.2, 0.25) is 0 Å². The summed E-state index contributed by atoms with van der Waals surface area (Å²) in [5.41, 5.74) is 6.86. The minimum atomic E-state index is 0.442. The Balaban J connectivity index is 1.15. The van der Waals surface area contributed by atoms with Crippen LogP contribution in [0.15, 0.2) is 6.20 Å². The highest BCUT2D eigenvalue weighted by Gasteiger charge is 2.42. The van der Waals surface area contributed by atoms with Gasteiger partial charge in [-0.3, -0.25) is 9.58 Å². The highest BCUT2D eigenvalue weighted by molar-refractivity contribution is 5.46. The number of anilines is 1. The van der Waals surface area contributed by atoms with Crippen molar-refractivity contribution in [3.8, 4) is 5.88 Å². The van der Waals surface area contributed by atoms with E-state index < -0.39 is 0 Å². The second-order valence-electron chi connectivity index (χ2n) is 9.07. The van der Waals surface area contributed by atoms with Crippen molar-refractivity contribution in [2.75, 3.05) is 38.8 Å². The van der Waals surface area contributed by atoms with Gasteiger partial charge in [-0.15, -0.1) is 5.10 Å². The first-order valence-corrected chi connectivity index (χ1v) is 11.2. The lowest BCUT2D eigenvalue weighted by Crippen LogP contribution is -2.52. The molecular weight excluding hydrogens is 356 g/mol. The molecule has 5 rings (SSSR count). The third-order valence-corrected chi connectivity index (χ3v) is 7.28. The van der Waals surface area contributed by atoms with E-state index in [1.807, 2.05) is 6.20 Å². The number of nitrogens with zero attached hydrogens (tertiary/aromatic N) is 3. The predicted octanol–water partition coefficient (Wildman–Crippen LogP) is 2.62. The third-order valence-electron chi connectivity index (χ3n) is 7.28. The van der Waals surface area contributed by atoms with Crippen LogP contribution >= 0.6 is 0 Å². The minimum Gasteiger partial charge on any atom is -0.475 e. The Bertz CT molecular complexity index is 636. The zero-order valence-corrected chi connectivity index (χ0v) is 16.8. The first-order valence-electron chi connectivity index (χ1n) is 11.2. The van der Waals surface area contributed by atoms with Crippen LogP contribution in [0.3, 0.4) is 0 Å². The molecule has 0 spiro atoms. The SMILES string of the molecule is Nc1cn(C2CCC(N3[C@@H]4CC[C@H]3COC4)CC2)nc1OCC1CCOCC1. The number of rotatable bonds is 5. The van der Waals surface area contributed by atoms with Crippen LogP contribution in [0.1, 0.15) is 57.4 Å². The molecule has 4 aliphatic rings. The number of hydrogen-bond donors (Lipinski definition) is 1. The fraction of sp³-hybridized carbons (Fsp3) is 0.857. The molecule has 1 aromatic heterocycles. The number of morpholine rings is 1. The molecule has 1 aromatic rings. The number of nitrogen functional groups attached to an aromatic ring is 1. The minimum absolute atomic E-state index is 0.442.